The highest BCUT2D eigenvalue weighted by Crippen LogP contribution is 2.22. The van der Waals surface area contributed by atoms with Gasteiger partial charge in [0.25, 0.3) is 5.56 Å². The monoisotopic (exact) mass is 342 g/mol. The first-order valence-electron chi connectivity index (χ1n) is 8.19. The van der Waals surface area contributed by atoms with Crippen LogP contribution in [0.3, 0.4) is 0 Å². The first-order valence-corrected chi connectivity index (χ1v) is 8.19. The van der Waals surface area contributed by atoms with Crippen molar-refractivity contribution in [3.8, 4) is 0 Å². The highest BCUT2D eigenvalue weighted by Gasteiger charge is 2.13. The lowest BCUT2D eigenvalue weighted by molar-refractivity contribution is 0.752. The molecule has 0 radical (unpaired) electrons. The van der Waals surface area contributed by atoms with E-state index in [4.69, 9.17) is 0 Å². The second-order valence-electron chi connectivity index (χ2n) is 6.18. The number of nitrogens with one attached hydrogen (secondary N) is 3. The van der Waals surface area contributed by atoms with Gasteiger partial charge in [-0.3, -0.25) is 14.5 Å². The summed E-state index contributed by atoms with van der Waals surface area (Å²) >= 11 is 0. The van der Waals surface area contributed by atoms with E-state index in [9.17, 15) is 4.79 Å². The summed E-state index contributed by atoms with van der Waals surface area (Å²) in [5.41, 5.74) is 1.31. The van der Waals surface area contributed by atoms with E-state index in [0.29, 0.717) is 24.7 Å². The van der Waals surface area contributed by atoms with Crippen molar-refractivity contribution < 1.29 is 0 Å². The summed E-state index contributed by atoms with van der Waals surface area (Å²) in [6, 6.07) is 1.46. The maximum absolute atomic E-state index is 11.4. The Hall–Kier alpha value is -2.97. The number of anilines is 2. The number of aromatic nitrogens is 6. The van der Waals surface area contributed by atoms with Crippen LogP contribution in [0.1, 0.15) is 31.3 Å². The molecule has 3 aromatic rings. The summed E-state index contributed by atoms with van der Waals surface area (Å²) in [5, 5.41) is 11.5. The van der Waals surface area contributed by atoms with E-state index in [1.807, 2.05) is 7.05 Å². The summed E-state index contributed by atoms with van der Waals surface area (Å²) in [7, 11) is 1.87. The molecule has 0 aliphatic carbocycles. The minimum atomic E-state index is -0.169. The van der Waals surface area contributed by atoms with Crippen molar-refractivity contribution in [2.45, 2.75) is 26.7 Å². The zero-order valence-electron chi connectivity index (χ0n) is 14.8. The third-order valence-corrected chi connectivity index (χ3v) is 3.71. The molecular weight excluding hydrogens is 320 g/mol. The molecule has 0 saturated carbocycles. The largest absolute Gasteiger partial charge is 0.368 e. The van der Waals surface area contributed by atoms with Gasteiger partial charge in [0.2, 0.25) is 5.95 Å². The van der Waals surface area contributed by atoms with Gasteiger partial charge in [0.15, 0.2) is 5.65 Å². The van der Waals surface area contributed by atoms with Crippen LogP contribution in [0.4, 0.5) is 11.8 Å². The molecular formula is C16H22N8O. The Bertz CT molecular complexity index is 943. The van der Waals surface area contributed by atoms with Crippen LogP contribution < -0.4 is 16.2 Å². The number of rotatable bonds is 6. The molecule has 3 aromatic heterocycles. The average molecular weight is 342 g/mol. The summed E-state index contributed by atoms with van der Waals surface area (Å²) < 4.78 is 1.74. The van der Waals surface area contributed by atoms with Gasteiger partial charge in [-0.05, 0) is 6.92 Å². The van der Waals surface area contributed by atoms with Gasteiger partial charge in [0.1, 0.15) is 11.6 Å². The van der Waals surface area contributed by atoms with E-state index in [1.54, 1.807) is 17.8 Å². The van der Waals surface area contributed by atoms with Crippen LogP contribution in [0.2, 0.25) is 0 Å². The molecule has 0 bridgehead atoms. The number of fused-ring (bicyclic) bond motifs is 1. The van der Waals surface area contributed by atoms with Crippen LogP contribution in [0.25, 0.3) is 11.0 Å². The van der Waals surface area contributed by atoms with Gasteiger partial charge in [-0.2, -0.15) is 5.10 Å². The Balaban J connectivity index is 1.71. The standard InChI is InChI=1S/C16H22N8O/c1-9(2)13-22-14(11-8-19-24(4)15(11)23-13)17-5-6-18-16-20-10(3)7-12(25)21-16/h7-9H,5-6H2,1-4H3,(H,17,22,23)(H2,18,20,21,25). The van der Waals surface area contributed by atoms with Gasteiger partial charge in [-0.15, -0.1) is 0 Å². The second kappa shape index (κ2) is 6.88. The van der Waals surface area contributed by atoms with E-state index in [-0.39, 0.29) is 11.5 Å². The number of hydrogen-bond donors (Lipinski definition) is 3. The minimum Gasteiger partial charge on any atom is -0.368 e. The highest BCUT2D eigenvalue weighted by atomic mass is 16.1. The molecule has 9 nitrogen and oxygen atoms in total. The van der Waals surface area contributed by atoms with E-state index >= 15 is 0 Å². The van der Waals surface area contributed by atoms with E-state index in [2.05, 4.69) is 49.5 Å². The fraction of sp³-hybridized carbons (Fsp3) is 0.438. The van der Waals surface area contributed by atoms with Crippen molar-refractivity contribution in [1.29, 1.82) is 0 Å². The Morgan fingerprint density at radius 2 is 1.96 bits per heavy atom. The molecule has 0 aliphatic heterocycles. The van der Waals surface area contributed by atoms with Gasteiger partial charge in [-0.25, -0.2) is 15.0 Å². The lowest BCUT2D eigenvalue weighted by Crippen LogP contribution is -2.19. The number of H-pyrrole nitrogens is 1. The molecule has 0 amide bonds. The first-order chi connectivity index (χ1) is 11.9. The zero-order chi connectivity index (χ0) is 18.0. The SMILES string of the molecule is Cc1cc(=O)[nH]c(NCCNc2nc(C(C)C)nc3c2cnn3C)n1. The number of nitrogens with zero attached hydrogens (tertiary/aromatic N) is 5. The second-order valence-corrected chi connectivity index (χ2v) is 6.18. The third kappa shape index (κ3) is 3.76. The first kappa shape index (κ1) is 16.9. The van der Waals surface area contributed by atoms with Crippen LogP contribution in [-0.4, -0.2) is 42.8 Å². The molecule has 25 heavy (non-hydrogen) atoms. The van der Waals surface area contributed by atoms with Gasteiger partial charge in [-0.1, -0.05) is 13.8 Å². The molecule has 0 atom stereocenters. The Morgan fingerprint density at radius 3 is 2.68 bits per heavy atom. The maximum Gasteiger partial charge on any atom is 0.252 e. The lowest BCUT2D eigenvalue weighted by Gasteiger charge is -2.11. The Morgan fingerprint density at radius 1 is 1.20 bits per heavy atom. The number of aromatic amines is 1. The van der Waals surface area contributed by atoms with E-state index < -0.39 is 0 Å². The van der Waals surface area contributed by atoms with Gasteiger partial charge < -0.3 is 10.6 Å². The van der Waals surface area contributed by atoms with Crippen molar-refractivity contribution in [2.24, 2.45) is 7.05 Å². The van der Waals surface area contributed by atoms with E-state index in [0.717, 1.165) is 22.7 Å². The third-order valence-electron chi connectivity index (χ3n) is 3.71. The van der Waals surface area contributed by atoms with Crippen LogP contribution in [0, 0.1) is 6.92 Å². The minimum absolute atomic E-state index is 0.169. The molecule has 132 valence electrons. The van der Waals surface area contributed by atoms with Crippen LogP contribution in [0.15, 0.2) is 17.1 Å². The summed E-state index contributed by atoms with van der Waals surface area (Å²) in [6.07, 6.45) is 1.76. The maximum atomic E-state index is 11.4. The van der Waals surface area contributed by atoms with Crippen molar-refractivity contribution >= 4 is 22.8 Å². The number of aryl methyl sites for hydroxylation is 2. The molecule has 3 N–H and O–H groups in total. The fourth-order valence-corrected chi connectivity index (χ4v) is 2.46. The van der Waals surface area contributed by atoms with Crippen molar-refractivity contribution in [3.63, 3.8) is 0 Å². The quantitative estimate of drug-likeness (QED) is 0.580. The smallest absolute Gasteiger partial charge is 0.252 e. The summed E-state index contributed by atoms with van der Waals surface area (Å²) in [4.78, 5) is 27.5. The average Bonchev–Trinajstić information content (AvgIpc) is 2.92. The van der Waals surface area contributed by atoms with Crippen LogP contribution in [-0.2, 0) is 7.05 Å². The molecule has 9 heteroatoms. The molecule has 3 heterocycles. The normalized spacial score (nSPS) is 11.2. The molecule has 0 fully saturated rings. The lowest BCUT2D eigenvalue weighted by atomic mass is 10.2. The molecule has 0 spiro atoms. The molecule has 3 rings (SSSR count). The summed E-state index contributed by atoms with van der Waals surface area (Å²) in [6.45, 7) is 7.09. The highest BCUT2D eigenvalue weighted by molar-refractivity contribution is 5.86. The predicted molar refractivity (Wildman–Crippen MR) is 97.0 cm³/mol. The fourth-order valence-electron chi connectivity index (χ4n) is 2.46. The van der Waals surface area contributed by atoms with Crippen molar-refractivity contribution in [3.05, 3.63) is 34.1 Å². The number of hydrogen-bond acceptors (Lipinski definition) is 7. The van der Waals surface area contributed by atoms with Crippen LogP contribution >= 0.6 is 0 Å². The predicted octanol–water partition coefficient (Wildman–Crippen LogP) is 1.40. The Labute approximate surface area is 144 Å². The van der Waals surface area contributed by atoms with Crippen molar-refractivity contribution in [1.82, 2.24) is 29.7 Å². The molecule has 0 aromatic carbocycles. The van der Waals surface area contributed by atoms with E-state index in [1.165, 1.54) is 6.07 Å². The van der Waals surface area contributed by atoms with Crippen LogP contribution in [0.5, 0.6) is 0 Å². The van der Waals surface area contributed by atoms with Crippen molar-refractivity contribution in [2.75, 3.05) is 23.7 Å². The van der Waals surface area contributed by atoms with Gasteiger partial charge in [0.05, 0.1) is 11.6 Å². The van der Waals surface area contributed by atoms with Gasteiger partial charge in [0, 0.05) is 37.8 Å². The molecule has 0 aliphatic rings. The topological polar surface area (TPSA) is 113 Å². The zero-order valence-corrected chi connectivity index (χ0v) is 14.8. The van der Waals surface area contributed by atoms with Gasteiger partial charge >= 0.3 is 0 Å². The Kier molecular flexibility index (Phi) is 4.64. The molecule has 0 saturated heterocycles. The molecule has 0 unspecified atom stereocenters. The summed E-state index contributed by atoms with van der Waals surface area (Å²) in [5.74, 6) is 2.22.